The Morgan fingerprint density at radius 3 is 2.72 bits per heavy atom. The molecule has 0 aromatic heterocycles. The summed E-state index contributed by atoms with van der Waals surface area (Å²) in [6, 6.07) is 8.62. The molecule has 1 heteroatoms. The van der Waals surface area contributed by atoms with Gasteiger partial charge in [0.1, 0.15) is 0 Å². The van der Waals surface area contributed by atoms with Gasteiger partial charge in [-0.15, -0.1) is 0 Å². The molecule has 98 valence electrons. The summed E-state index contributed by atoms with van der Waals surface area (Å²) in [7, 11) is 0. The molecule has 1 aromatic carbocycles. The monoisotopic (exact) mass is 244 g/mol. The van der Waals surface area contributed by atoms with Gasteiger partial charge in [-0.25, -0.2) is 0 Å². The maximum atomic E-state index is 10.4. The summed E-state index contributed by atoms with van der Waals surface area (Å²) in [5, 5.41) is 10.4. The Balaban J connectivity index is 2.05. The Bertz CT molecular complexity index is 400. The first kappa shape index (κ1) is 13.4. The Morgan fingerprint density at radius 2 is 2.00 bits per heavy atom. The summed E-state index contributed by atoms with van der Waals surface area (Å²) in [4.78, 5) is 0. The Labute approximate surface area is 111 Å². The van der Waals surface area contributed by atoms with Crippen molar-refractivity contribution >= 4 is 6.08 Å². The van der Waals surface area contributed by atoms with Crippen molar-refractivity contribution in [2.75, 3.05) is 0 Å². The lowest BCUT2D eigenvalue weighted by Gasteiger charge is -2.28. The standard InChI is InChI=1S/C17H24O/c1-2-7-15-8-6-9-16(14-15)10-13-17(18)11-4-3-5-12-17/h6,8-10,13-14,18H,2-5,7,11-12H2,1H3. The molecule has 1 N–H and O–H groups in total. The summed E-state index contributed by atoms with van der Waals surface area (Å²) in [5.74, 6) is 0. The Morgan fingerprint density at radius 1 is 1.22 bits per heavy atom. The molecule has 1 aliphatic carbocycles. The van der Waals surface area contributed by atoms with Crippen molar-refractivity contribution in [2.24, 2.45) is 0 Å². The third kappa shape index (κ3) is 3.71. The Kier molecular flexibility index (Phi) is 4.60. The lowest BCUT2D eigenvalue weighted by Crippen LogP contribution is -2.28. The third-order valence-electron chi connectivity index (χ3n) is 3.80. The van der Waals surface area contributed by atoms with Crippen LogP contribution in [-0.4, -0.2) is 10.7 Å². The van der Waals surface area contributed by atoms with E-state index < -0.39 is 5.60 Å². The number of benzene rings is 1. The van der Waals surface area contributed by atoms with Gasteiger partial charge in [-0.2, -0.15) is 0 Å². The summed E-state index contributed by atoms with van der Waals surface area (Å²) in [6.45, 7) is 2.20. The molecule has 0 saturated heterocycles. The molecule has 0 atom stereocenters. The number of hydrogen-bond donors (Lipinski definition) is 1. The van der Waals surface area contributed by atoms with Crippen molar-refractivity contribution in [2.45, 2.75) is 57.5 Å². The highest BCUT2D eigenvalue weighted by molar-refractivity contribution is 5.51. The van der Waals surface area contributed by atoms with Crippen LogP contribution in [0.25, 0.3) is 6.08 Å². The summed E-state index contributed by atoms with van der Waals surface area (Å²) in [5.41, 5.74) is 2.04. The van der Waals surface area contributed by atoms with Crippen LogP contribution < -0.4 is 0 Å². The van der Waals surface area contributed by atoms with Gasteiger partial charge in [-0.3, -0.25) is 0 Å². The highest BCUT2D eigenvalue weighted by atomic mass is 16.3. The predicted octanol–water partition coefficient (Wildman–Crippen LogP) is 4.35. The first-order valence-electron chi connectivity index (χ1n) is 7.22. The molecule has 0 amide bonds. The zero-order valence-corrected chi connectivity index (χ0v) is 11.4. The molecule has 1 saturated carbocycles. The van der Waals surface area contributed by atoms with Crippen LogP contribution in [0.5, 0.6) is 0 Å². The van der Waals surface area contributed by atoms with Gasteiger partial charge in [0.15, 0.2) is 0 Å². The number of hydrogen-bond acceptors (Lipinski definition) is 1. The van der Waals surface area contributed by atoms with Gasteiger partial charge in [0.2, 0.25) is 0 Å². The van der Waals surface area contributed by atoms with E-state index in [1.54, 1.807) is 0 Å². The summed E-state index contributed by atoms with van der Waals surface area (Å²) in [6.07, 6.45) is 11.8. The molecule has 0 spiro atoms. The second-order valence-electron chi connectivity index (χ2n) is 5.49. The molecule has 1 aliphatic rings. The van der Waals surface area contributed by atoms with Crippen molar-refractivity contribution in [1.82, 2.24) is 0 Å². The zero-order valence-electron chi connectivity index (χ0n) is 11.4. The Hall–Kier alpha value is -1.08. The summed E-state index contributed by atoms with van der Waals surface area (Å²) < 4.78 is 0. The van der Waals surface area contributed by atoms with E-state index in [9.17, 15) is 5.11 Å². The number of aryl methyl sites for hydroxylation is 1. The second-order valence-corrected chi connectivity index (χ2v) is 5.49. The van der Waals surface area contributed by atoms with E-state index in [1.807, 2.05) is 6.08 Å². The average molecular weight is 244 g/mol. The van der Waals surface area contributed by atoms with Gasteiger partial charge in [0.05, 0.1) is 5.60 Å². The normalized spacial score (nSPS) is 19.2. The van der Waals surface area contributed by atoms with Crippen LogP contribution in [0.3, 0.4) is 0 Å². The molecule has 0 radical (unpaired) electrons. The van der Waals surface area contributed by atoms with Crippen molar-refractivity contribution < 1.29 is 5.11 Å². The maximum absolute atomic E-state index is 10.4. The number of aliphatic hydroxyl groups is 1. The second kappa shape index (κ2) is 6.19. The van der Waals surface area contributed by atoms with Crippen LogP contribution in [0, 0.1) is 0 Å². The molecular weight excluding hydrogens is 220 g/mol. The van der Waals surface area contributed by atoms with Gasteiger partial charge in [-0.1, -0.05) is 69.0 Å². The predicted molar refractivity (Wildman–Crippen MR) is 77.5 cm³/mol. The average Bonchev–Trinajstić information content (AvgIpc) is 2.38. The van der Waals surface area contributed by atoms with Crippen molar-refractivity contribution in [3.8, 4) is 0 Å². The van der Waals surface area contributed by atoms with E-state index in [-0.39, 0.29) is 0 Å². The minimum absolute atomic E-state index is 0.557. The van der Waals surface area contributed by atoms with Gasteiger partial charge in [0.25, 0.3) is 0 Å². The van der Waals surface area contributed by atoms with Gasteiger partial charge in [-0.05, 0) is 30.4 Å². The maximum Gasteiger partial charge on any atom is 0.0830 e. The van der Waals surface area contributed by atoms with Crippen LogP contribution in [0.4, 0.5) is 0 Å². The van der Waals surface area contributed by atoms with E-state index in [1.165, 1.54) is 24.0 Å². The third-order valence-corrected chi connectivity index (χ3v) is 3.80. The lowest BCUT2D eigenvalue weighted by molar-refractivity contribution is 0.0521. The van der Waals surface area contributed by atoms with Crippen LogP contribution in [0.15, 0.2) is 30.3 Å². The van der Waals surface area contributed by atoms with E-state index >= 15 is 0 Å². The van der Waals surface area contributed by atoms with E-state index in [0.717, 1.165) is 32.1 Å². The van der Waals surface area contributed by atoms with Gasteiger partial charge in [0, 0.05) is 0 Å². The van der Waals surface area contributed by atoms with Gasteiger partial charge < -0.3 is 5.11 Å². The van der Waals surface area contributed by atoms with E-state index in [0.29, 0.717) is 0 Å². The SMILES string of the molecule is CCCc1cccc(C=CC2(O)CCCCC2)c1. The fourth-order valence-electron chi connectivity index (χ4n) is 2.72. The van der Waals surface area contributed by atoms with Gasteiger partial charge >= 0.3 is 0 Å². The quantitative estimate of drug-likeness (QED) is 0.835. The fourth-order valence-corrected chi connectivity index (χ4v) is 2.72. The molecule has 0 heterocycles. The van der Waals surface area contributed by atoms with Crippen molar-refractivity contribution in [1.29, 1.82) is 0 Å². The largest absolute Gasteiger partial charge is 0.386 e. The first-order valence-corrected chi connectivity index (χ1v) is 7.22. The molecule has 1 fully saturated rings. The minimum atomic E-state index is -0.557. The number of rotatable bonds is 4. The molecule has 0 bridgehead atoms. The highest BCUT2D eigenvalue weighted by Gasteiger charge is 2.25. The lowest BCUT2D eigenvalue weighted by atomic mass is 9.84. The van der Waals surface area contributed by atoms with E-state index in [4.69, 9.17) is 0 Å². The first-order chi connectivity index (χ1) is 8.72. The van der Waals surface area contributed by atoms with Crippen LogP contribution in [0.1, 0.15) is 56.6 Å². The van der Waals surface area contributed by atoms with E-state index in [2.05, 4.69) is 37.3 Å². The summed E-state index contributed by atoms with van der Waals surface area (Å²) >= 11 is 0. The molecule has 1 nitrogen and oxygen atoms in total. The zero-order chi connectivity index (χ0) is 12.8. The van der Waals surface area contributed by atoms with Crippen molar-refractivity contribution in [3.63, 3.8) is 0 Å². The minimum Gasteiger partial charge on any atom is -0.386 e. The van der Waals surface area contributed by atoms with Crippen LogP contribution in [0.2, 0.25) is 0 Å². The topological polar surface area (TPSA) is 20.2 Å². The molecule has 0 aliphatic heterocycles. The molecule has 0 unspecified atom stereocenters. The molecule has 18 heavy (non-hydrogen) atoms. The molecule has 2 rings (SSSR count). The van der Waals surface area contributed by atoms with Crippen molar-refractivity contribution in [3.05, 3.63) is 41.5 Å². The van der Waals surface area contributed by atoms with Crippen LogP contribution >= 0.6 is 0 Å². The smallest absolute Gasteiger partial charge is 0.0830 e. The fraction of sp³-hybridized carbons (Fsp3) is 0.529. The highest BCUT2D eigenvalue weighted by Crippen LogP contribution is 2.29. The molecule has 1 aromatic rings. The van der Waals surface area contributed by atoms with Crippen LogP contribution in [-0.2, 0) is 6.42 Å². The molecular formula is C17H24O.